The van der Waals surface area contributed by atoms with E-state index in [0.29, 0.717) is 29.8 Å². The first-order valence-electron chi connectivity index (χ1n) is 10.0. The number of benzene rings is 1. The van der Waals surface area contributed by atoms with E-state index < -0.39 is 18.0 Å². The minimum absolute atomic E-state index is 0.186. The number of fused-ring (bicyclic) bond motifs is 1. The first-order valence-corrected chi connectivity index (χ1v) is 10.0. The highest BCUT2D eigenvalue weighted by atomic mass is 16.5. The Labute approximate surface area is 183 Å². The number of ether oxygens (including phenoxy) is 2. The van der Waals surface area contributed by atoms with E-state index in [1.807, 2.05) is 0 Å². The number of carboxylic acid groups (broad SMARTS) is 1. The molecule has 11 heteroatoms. The van der Waals surface area contributed by atoms with Crippen molar-refractivity contribution in [2.45, 2.75) is 18.9 Å². The Balaban J connectivity index is 1.58. The van der Waals surface area contributed by atoms with Crippen LogP contribution in [0.15, 0.2) is 23.0 Å². The third-order valence-electron chi connectivity index (χ3n) is 4.91. The fourth-order valence-electron chi connectivity index (χ4n) is 3.38. The lowest BCUT2D eigenvalue weighted by molar-refractivity contribution is -0.135. The maximum atomic E-state index is 12.7. The van der Waals surface area contributed by atoms with Crippen LogP contribution in [0.3, 0.4) is 0 Å². The Morgan fingerprint density at radius 1 is 1.22 bits per heavy atom. The Morgan fingerprint density at radius 3 is 2.75 bits per heavy atom. The highest BCUT2D eigenvalue weighted by Crippen LogP contribution is 2.23. The number of nitrogens with zero attached hydrogens (tertiary/aromatic N) is 2. The molecule has 2 aromatic rings. The van der Waals surface area contributed by atoms with Gasteiger partial charge in [-0.25, -0.2) is 9.59 Å². The van der Waals surface area contributed by atoms with E-state index in [1.165, 1.54) is 9.13 Å². The summed E-state index contributed by atoms with van der Waals surface area (Å²) in [5, 5.41) is 12.9. The number of hydrogen-bond donors (Lipinski definition) is 3. The molecule has 3 rings (SSSR count). The van der Waals surface area contributed by atoms with E-state index in [1.54, 1.807) is 25.2 Å². The normalized spacial score (nSPS) is 15.8. The molecule has 1 unspecified atom stereocenters. The molecular formula is C21H24N4O7. The molecule has 1 saturated heterocycles. The average molecular weight is 444 g/mol. The first kappa shape index (κ1) is 23.1. The van der Waals surface area contributed by atoms with Crippen molar-refractivity contribution in [1.29, 1.82) is 0 Å². The lowest BCUT2D eigenvalue weighted by atomic mass is 10.1. The predicted octanol–water partition coefficient (Wildman–Crippen LogP) is -0.0300. The van der Waals surface area contributed by atoms with Crippen LogP contribution in [-0.2, 0) is 26.1 Å². The summed E-state index contributed by atoms with van der Waals surface area (Å²) >= 11 is 0. The van der Waals surface area contributed by atoms with Crippen LogP contribution in [0, 0.1) is 11.8 Å². The lowest BCUT2D eigenvalue weighted by Crippen LogP contribution is -2.44. The number of rotatable bonds is 8. The summed E-state index contributed by atoms with van der Waals surface area (Å²) in [5.41, 5.74) is 1.59. The molecule has 1 atom stereocenters. The molecule has 1 aromatic heterocycles. The number of amides is 3. The van der Waals surface area contributed by atoms with Crippen molar-refractivity contribution in [3.8, 4) is 11.8 Å². The maximum absolute atomic E-state index is 12.7. The molecule has 11 nitrogen and oxygen atoms in total. The minimum atomic E-state index is -1.09. The highest BCUT2D eigenvalue weighted by molar-refractivity contribution is 6.00. The van der Waals surface area contributed by atoms with Gasteiger partial charge in [-0.3, -0.25) is 24.0 Å². The van der Waals surface area contributed by atoms with Crippen molar-refractivity contribution in [3.05, 3.63) is 34.2 Å². The van der Waals surface area contributed by atoms with E-state index in [4.69, 9.17) is 14.6 Å². The summed E-state index contributed by atoms with van der Waals surface area (Å²) < 4.78 is 13.4. The van der Waals surface area contributed by atoms with Gasteiger partial charge in [0, 0.05) is 25.6 Å². The van der Waals surface area contributed by atoms with E-state index in [9.17, 15) is 19.2 Å². The molecule has 2 heterocycles. The highest BCUT2D eigenvalue weighted by Gasteiger charge is 2.31. The number of aryl methyl sites for hydroxylation is 1. The zero-order valence-corrected chi connectivity index (χ0v) is 17.6. The molecule has 0 saturated carbocycles. The van der Waals surface area contributed by atoms with Gasteiger partial charge in [0.2, 0.25) is 11.8 Å². The fourth-order valence-corrected chi connectivity index (χ4v) is 3.38. The van der Waals surface area contributed by atoms with Gasteiger partial charge >= 0.3 is 11.8 Å². The topological polar surface area (TPSA) is 141 Å². The molecule has 0 bridgehead atoms. The molecule has 0 radical (unpaired) electrons. The summed E-state index contributed by atoms with van der Waals surface area (Å²) in [7, 11) is 1.62. The molecule has 0 aliphatic carbocycles. The zero-order chi connectivity index (χ0) is 23.1. The van der Waals surface area contributed by atoms with E-state index in [2.05, 4.69) is 22.5 Å². The van der Waals surface area contributed by atoms with E-state index in [0.717, 1.165) is 0 Å². The molecule has 0 spiro atoms. The van der Waals surface area contributed by atoms with Gasteiger partial charge in [-0.1, -0.05) is 11.8 Å². The minimum Gasteiger partial charge on any atom is -0.465 e. The summed E-state index contributed by atoms with van der Waals surface area (Å²) in [4.78, 5) is 46.7. The Morgan fingerprint density at radius 2 is 2.00 bits per heavy atom. The van der Waals surface area contributed by atoms with Crippen LogP contribution >= 0.6 is 0 Å². The summed E-state index contributed by atoms with van der Waals surface area (Å²) in [6.45, 7) is 1.31. The number of aromatic nitrogens is 2. The molecule has 32 heavy (non-hydrogen) atoms. The number of imide groups is 1. The van der Waals surface area contributed by atoms with Crippen LogP contribution in [0.1, 0.15) is 24.4 Å². The average Bonchev–Trinajstić information content (AvgIpc) is 2.99. The summed E-state index contributed by atoms with van der Waals surface area (Å²) in [6.07, 6.45) is -0.624. The summed E-state index contributed by atoms with van der Waals surface area (Å²) in [6, 6.07) is 4.54. The monoisotopic (exact) mass is 444 g/mol. The van der Waals surface area contributed by atoms with Gasteiger partial charge in [0.1, 0.15) is 12.6 Å². The molecule has 1 aromatic carbocycles. The number of imidazole rings is 1. The second kappa shape index (κ2) is 10.6. The predicted molar refractivity (Wildman–Crippen MR) is 113 cm³/mol. The second-order valence-corrected chi connectivity index (χ2v) is 7.08. The quantitative estimate of drug-likeness (QED) is 0.295. The third-order valence-corrected chi connectivity index (χ3v) is 4.91. The largest absolute Gasteiger partial charge is 0.465 e. The number of nitrogens with one attached hydrogen (secondary N) is 2. The van der Waals surface area contributed by atoms with Crippen molar-refractivity contribution >= 4 is 28.9 Å². The first-order chi connectivity index (χ1) is 15.4. The standard InChI is InChI=1S/C21H24N4O7/c1-24-17-13-14(3-2-9-31-11-12-32-10-8-22-20(28)29)4-5-15(17)25(21(24)30)16-6-7-18(26)23-19(16)27/h4-5,13,16,22H,6-12H2,1H3,(H,28,29)(H,23,26,27). The van der Waals surface area contributed by atoms with Crippen LogP contribution in [-0.4, -0.2) is 65.1 Å². The SMILES string of the molecule is Cn1c(=O)n(C2CCC(=O)NC2=O)c2ccc(C#CCOCCOCCNC(=O)O)cc21. The Kier molecular flexibility index (Phi) is 7.64. The second-order valence-electron chi connectivity index (χ2n) is 7.08. The molecule has 3 N–H and O–H groups in total. The fraction of sp³-hybridized carbons (Fsp3) is 0.429. The maximum Gasteiger partial charge on any atom is 0.404 e. The number of carbonyl (C=O) groups is 3. The molecule has 170 valence electrons. The smallest absolute Gasteiger partial charge is 0.404 e. The zero-order valence-electron chi connectivity index (χ0n) is 17.6. The molecule has 1 aliphatic rings. The van der Waals surface area contributed by atoms with Crippen molar-refractivity contribution in [2.75, 3.05) is 33.0 Å². The van der Waals surface area contributed by atoms with Crippen LogP contribution in [0.25, 0.3) is 11.0 Å². The van der Waals surface area contributed by atoms with Crippen LogP contribution in [0.2, 0.25) is 0 Å². The summed E-state index contributed by atoms with van der Waals surface area (Å²) in [5.74, 6) is 5.05. The van der Waals surface area contributed by atoms with Gasteiger partial charge in [0.15, 0.2) is 0 Å². The lowest BCUT2D eigenvalue weighted by Gasteiger charge is -2.21. The van der Waals surface area contributed by atoms with Gasteiger partial charge < -0.3 is 19.9 Å². The molecule has 3 amide bonds. The number of carbonyl (C=O) groups excluding carboxylic acids is 2. The van der Waals surface area contributed by atoms with Crippen molar-refractivity contribution in [2.24, 2.45) is 7.05 Å². The van der Waals surface area contributed by atoms with Crippen molar-refractivity contribution in [1.82, 2.24) is 19.8 Å². The molecular weight excluding hydrogens is 420 g/mol. The van der Waals surface area contributed by atoms with Crippen LogP contribution < -0.4 is 16.3 Å². The number of hydrogen-bond acceptors (Lipinski definition) is 6. The van der Waals surface area contributed by atoms with Gasteiger partial charge in [0.25, 0.3) is 0 Å². The van der Waals surface area contributed by atoms with Crippen molar-refractivity contribution in [3.63, 3.8) is 0 Å². The molecule has 1 aliphatic heterocycles. The van der Waals surface area contributed by atoms with Crippen molar-refractivity contribution < 1.29 is 29.0 Å². The van der Waals surface area contributed by atoms with Gasteiger partial charge in [-0.15, -0.1) is 0 Å². The number of piperidine rings is 1. The third kappa shape index (κ3) is 5.54. The Hall–Kier alpha value is -3.62. The van der Waals surface area contributed by atoms with Crippen LogP contribution in [0.5, 0.6) is 0 Å². The van der Waals surface area contributed by atoms with E-state index in [-0.39, 0.29) is 44.2 Å². The van der Waals surface area contributed by atoms with Gasteiger partial charge in [0.05, 0.1) is 30.9 Å². The van der Waals surface area contributed by atoms with Gasteiger partial charge in [-0.2, -0.15) is 0 Å². The molecule has 1 fully saturated rings. The van der Waals surface area contributed by atoms with Crippen LogP contribution in [0.4, 0.5) is 4.79 Å². The Bertz CT molecular complexity index is 1140. The van der Waals surface area contributed by atoms with E-state index >= 15 is 0 Å². The van der Waals surface area contributed by atoms with Gasteiger partial charge in [-0.05, 0) is 24.6 Å².